The Balaban J connectivity index is 1.62. The Morgan fingerprint density at radius 2 is 2.22 bits per heavy atom. The predicted molar refractivity (Wildman–Crippen MR) is 98.9 cm³/mol. The molecule has 1 unspecified atom stereocenters. The van der Waals surface area contributed by atoms with Crippen LogP contribution in [0.3, 0.4) is 0 Å². The number of nitrogens with zero attached hydrogens (tertiary/aromatic N) is 2. The van der Waals surface area contributed by atoms with E-state index < -0.39 is 17.6 Å². The Kier molecular flexibility index (Phi) is 5.63. The van der Waals surface area contributed by atoms with E-state index >= 15 is 0 Å². The molecule has 1 aromatic heterocycles. The number of rotatable bonds is 2. The molecule has 1 aromatic carbocycles. The number of anilines is 1. The molecule has 1 saturated heterocycles. The molecule has 1 amide bonds. The predicted octanol–water partition coefficient (Wildman–Crippen LogP) is 3.87. The number of amides is 1. The van der Waals surface area contributed by atoms with Crippen molar-refractivity contribution < 1.29 is 18.0 Å². The SMILES string of the molecule is Cc1cnc(N2CCC(NC(=O)C#Cc3cc(C(F)(F)F)ccc3Cl)C2)s1. The highest BCUT2D eigenvalue weighted by Gasteiger charge is 2.30. The van der Waals surface area contributed by atoms with Gasteiger partial charge in [0.2, 0.25) is 0 Å². The first-order valence-electron chi connectivity index (χ1n) is 8.09. The second-order valence-corrected chi connectivity index (χ2v) is 7.72. The number of nitrogens with one attached hydrogen (secondary N) is 1. The van der Waals surface area contributed by atoms with Gasteiger partial charge in [0.05, 0.1) is 10.6 Å². The first-order valence-corrected chi connectivity index (χ1v) is 9.28. The van der Waals surface area contributed by atoms with Crippen molar-refractivity contribution in [3.05, 3.63) is 45.4 Å². The van der Waals surface area contributed by atoms with E-state index in [2.05, 4.69) is 27.0 Å². The molecule has 1 N–H and O–H groups in total. The number of carbonyl (C=O) groups excluding carboxylic acids is 1. The third kappa shape index (κ3) is 4.93. The zero-order valence-electron chi connectivity index (χ0n) is 14.2. The van der Waals surface area contributed by atoms with Crippen LogP contribution >= 0.6 is 22.9 Å². The zero-order valence-corrected chi connectivity index (χ0v) is 15.8. The van der Waals surface area contributed by atoms with Gasteiger partial charge in [0.1, 0.15) is 0 Å². The van der Waals surface area contributed by atoms with E-state index in [0.29, 0.717) is 6.54 Å². The summed E-state index contributed by atoms with van der Waals surface area (Å²) in [6.07, 6.45) is -1.95. The fourth-order valence-corrected chi connectivity index (χ4v) is 3.64. The smallest absolute Gasteiger partial charge is 0.346 e. The lowest BCUT2D eigenvalue weighted by Crippen LogP contribution is -2.36. The number of aromatic nitrogens is 1. The van der Waals surface area contributed by atoms with Crippen LogP contribution in [-0.4, -0.2) is 30.0 Å². The highest BCUT2D eigenvalue weighted by Crippen LogP contribution is 2.31. The first kappa shape index (κ1) is 19.5. The second kappa shape index (κ2) is 7.79. The van der Waals surface area contributed by atoms with E-state index in [-0.39, 0.29) is 16.6 Å². The number of aryl methyl sites for hydroxylation is 1. The minimum absolute atomic E-state index is 0.0343. The van der Waals surface area contributed by atoms with Crippen molar-refractivity contribution in [2.75, 3.05) is 18.0 Å². The minimum atomic E-state index is -4.50. The molecule has 0 radical (unpaired) electrons. The average Bonchev–Trinajstić information content (AvgIpc) is 3.22. The van der Waals surface area contributed by atoms with E-state index in [4.69, 9.17) is 11.6 Å². The fourth-order valence-electron chi connectivity index (χ4n) is 2.68. The molecule has 4 nitrogen and oxygen atoms in total. The van der Waals surface area contributed by atoms with Crippen LogP contribution in [0.15, 0.2) is 24.4 Å². The molecule has 0 saturated carbocycles. The Labute approximate surface area is 163 Å². The maximum absolute atomic E-state index is 12.8. The minimum Gasteiger partial charge on any atom is -0.346 e. The van der Waals surface area contributed by atoms with Crippen LogP contribution in [0.1, 0.15) is 22.4 Å². The highest BCUT2D eigenvalue weighted by molar-refractivity contribution is 7.15. The highest BCUT2D eigenvalue weighted by atomic mass is 35.5. The Hall–Kier alpha value is -2.24. The number of carbonyl (C=O) groups is 1. The van der Waals surface area contributed by atoms with Gasteiger partial charge in [0.15, 0.2) is 5.13 Å². The van der Waals surface area contributed by atoms with Crippen LogP contribution in [0.2, 0.25) is 5.02 Å². The number of hydrogen-bond acceptors (Lipinski definition) is 4. The quantitative estimate of drug-likeness (QED) is 0.760. The Morgan fingerprint density at radius 3 is 2.89 bits per heavy atom. The van der Waals surface area contributed by atoms with E-state index in [0.717, 1.165) is 41.2 Å². The lowest BCUT2D eigenvalue weighted by atomic mass is 10.1. The van der Waals surface area contributed by atoms with Gasteiger partial charge in [0, 0.05) is 41.7 Å². The summed E-state index contributed by atoms with van der Waals surface area (Å²) >= 11 is 7.46. The topological polar surface area (TPSA) is 45.2 Å². The molecule has 0 spiro atoms. The van der Waals surface area contributed by atoms with Gasteiger partial charge >= 0.3 is 6.18 Å². The molecule has 0 aliphatic carbocycles. The molecule has 1 atom stereocenters. The number of hydrogen-bond donors (Lipinski definition) is 1. The van der Waals surface area contributed by atoms with Crippen molar-refractivity contribution in [2.24, 2.45) is 0 Å². The zero-order chi connectivity index (χ0) is 19.6. The maximum atomic E-state index is 12.8. The monoisotopic (exact) mass is 413 g/mol. The molecule has 9 heteroatoms. The standard InChI is InChI=1S/C18H15ClF3N3OS/c1-11-9-23-17(27-11)25-7-6-14(10-25)24-16(26)5-2-12-8-13(18(20,21)22)3-4-15(12)19/h3-4,8-9,14H,6-7,10H2,1H3,(H,24,26). The summed E-state index contributed by atoms with van der Waals surface area (Å²) in [6, 6.07) is 2.75. The van der Waals surface area contributed by atoms with Crippen molar-refractivity contribution in [2.45, 2.75) is 25.6 Å². The van der Waals surface area contributed by atoms with Crippen LogP contribution in [0.5, 0.6) is 0 Å². The number of halogens is 4. The fraction of sp³-hybridized carbons (Fsp3) is 0.333. The van der Waals surface area contributed by atoms with E-state index in [1.165, 1.54) is 0 Å². The maximum Gasteiger partial charge on any atom is 0.416 e. The summed E-state index contributed by atoms with van der Waals surface area (Å²) in [6.45, 7) is 3.36. The van der Waals surface area contributed by atoms with Crippen molar-refractivity contribution in [3.63, 3.8) is 0 Å². The van der Waals surface area contributed by atoms with Gasteiger partial charge in [0.25, 0.3) is 5.91 Å². The number of alkyl halides is 3. The van der Waals surface area contributed by atoms with Crippen molar-refractivity contribution >= 4 is 34.0 Å². The molecule has 2 aromatic rings. The van der Waals surface area contributed by atoms with E-state index in [1.807, 2.05) is 6.92 Å². The van der Waals surface area contributed by atoms with Crippen molar-refractivity contribution in [1.82, 2.24) is 10.3 Å². The van der Waals surface area contributed by atoms with Gasteiger partial charge in [-0.2, -0.15) is 13.2 Å². The van der Waals surface area contributed by atoms with E-state index in [1.54, 1.807) is 17.5 Å². The summed E-state index contributed by atoms with van der Waals surface area (Å²) in [5, 5.41) is 3.75. The largest absolute Gasteiger partial charge is 0.416 e. The molecule has 27 heavy (non-hydrogen) atoms. The van der Waals surface area contributed by atoms with Gasteiger partial charge in [-0.1, -0.05) is 17.5 Å². The second-order valence-electron chi connectivity index (χ2n) is 6.10. The van der Waals surface area contributed by atoms with Gasteiger partial charge in [-0.05, 0) is 31.5 Å². The lowest BCUT2D eigenvalue weighted by Gasteiger charge is -2.14. The molecule has 0 bridgehead atoms. The normalized spacial score (nSPS) is 16.8. The van der Waals surface area contributed by atoms with Gasteiger partial charge < -0.3 is 10.2 Å². The molecule has 1 fully saturated rings. The summed E-state index contributed by atoms with van der Waals surface area (Å²) in [5.74, 6) is 4.20. The molecule has 142 valence electrons. The van der Waals surface area contributed by atoms with E-state index in [9.17, 15) is 18.0 Å². The number of thiazole rings is 1. The van der Waals surface area contributed by atoms with Crippen LogP contribution in [0.25, 0.3) is 0 Å². The molecule has 3 rings (SSSR count). The lowest BCUT2D eigenvalue weighted by molar-refractivity contribution is -0.137. The van der Waals surface area contributed by atoms with Crippen molar-refractivity contribution in [3.8, 4) is 11.8 Å². The van der Waals surface area contributed by atoms with Crippen LogP contribution in [0.4, 0.5) is 18.3 Å². The molecule has 1 aliphatic rings. The Bertz CT molecular complexity index is 917. The van der Waals surface area contributed by atoms with Gasteiger partial charge in [-0.3, -0.25) is 4.79 Å². The summed E-state index contributed by atoms with van der Waals surface area (Å²) < 4.78 is 38.3. The molecule has 2 heterocycles. The number of benzene rings is 1. The summed E-state index contributed by atoms with van der Waals surface area (Å²) in [5.41, 5.74) is -0.894. The third-order valence-electron chi connectivity index (χ3n) is 4.01. The van der Waals surface area contributed by atoms with Crippen molar-refractivity contribution in [1.29, 1.82) is 0 Å². The molecular weight excluding hydrogens is 399 g/mol. The summed E-state index contributed by atoms with van der Waals surface area (Å²) in [4.78, 5) is 19.5. The van der Waals surface area contributed by atoms with Crippen LogP contribution in [0, 0.1) is 18.8 Å². The molecule has 1 aliphatic heterocycles. The Morgan fingerprint density at radius 1 is 1.44 bits per heavy atom. The van der Waals surface area contributed by atoms with Crippen LogP contribution in [-0.2, 0) is 11.0 Å². The van der Waals surface area contributed by atoms with Gasteiger partial charge in [-0.25, -0.2) is 4.98 Å². The summed E-state index contributed by atoms with van der Waals surface area (Å²) in [7, 11) is 0. The molecular formula is C18H15ClF3N3OS. The first-order chi connectivity index (χ1) is 12.7. The van der Waals surface area contributed by atoms with Gasteiger partial charge in [-0.15, -0.1) is 11.3 Å². The average molecular weight is 414 g/mol. The van der Waals surface area contributed by atoms with Crippen LogP contribution < -0.4 is 10.2 Å². The third-order valence-corrected chi connectivity index (χ3v) is 5.31.